The van der Waals surface area contributed by atoms with Crippen LogP contribution < -0.4 is 0 Å². The smallest absolute Gasteiger partial charge is 0.258 e. The minimum atomic E-state index is -4.55. The topological polar surface area (TPSA) is 43.1 Å². The number of allylic oxidation sites excluding steroid dienone is 2. The lowest BCUT2D eigenvalue weighted by Crippen LogP contribution is -2.12. The van der Waals surface area contributed by atoms with Crippen LogP contribution in [0.25, 0.3) is 17.2 Å². The van der Waals surface area contributed by atoms with E-state index in [0.717, 1.165) is 6.08 Å². The fourth-order valence-corrected chi connectivity index (χ4v) is 3.53. The molecule has 0 unspecified atom stereocenters. The van der Waals surface area contributed by atoms with Crippen molar-refractivity contribution in [3.05, 3.63) is 117 Å². The van der Waals surface area contributed by atoms with Gasteiger partial charge in [0.1, 0.15) is 0 Å². The second-order valence-corrected chi connectivity index (χ2v) is 6.56. The molecule has 1 aliphatic carbocycles. The third kappa shape index (κ3) is 3.45. The van der Waals surface area contributed by atoms with Gasteiger partial charge in [0.25, 0.3) is 5.69 Å². The number of benzene rings is 3. The summed E-state index contributed by atoms with van der Waals surface area (Å²) in [5, 5.41) is 11.0. The van der Waals surface area contributed by atoms with E-state index in [0.29, 0.717) is 27.8 Å². The van der Waals surface area contributed by atoms with E-state index in [1.807, 2.05) is 0 Å². The van der Waals surface area contributed by atoms with Crippen LogP contribution in [0.1, 0.15) is 22.3 Å². The highest BCUT2D eigenvalue weighted by atomic mass is 19.4. The summed E-state index contributed by atoms with van der Waals surface area (Å²) in [6.07, 6.45) is -3.39. The molecule has 0 bridgehead atoms. The first-order chi connectivity index (χ1) is 13.9. The molecule has 4 rings (SSSR count). The van der Waals surface area contributed by atoms with Gasteiger partial charge >= 0.3 is 6.18 Å². The van der Waals surface area contributed by atoms with E-state index in [1.165, 1.54) is 24.3 Å². The number of halogens is 3. The van der Waals surface area contributed by atoms with Gasteiger partial charge in [-0.15, -0.1) is 0 Å². The zero-order valence-corrected chi connectivity index (χ0v) is 15.0. The van der Waals surface area contributed by atoms with Crippen molar-refractivity contribution in [2.24, 2.45) is 0 Å². The molecule has 0 radical (unpaired) electrons. The largest absolute Gasteiger partial charge is 0.417 e. The predicted octanol–water partition coefficient (Wildman–Crippen LogP) is 6.51. The molecule has 29 heavy (non-hydrogen) atoms. The van der Waals surface area contributed by atoms with Crippen LogP contribution in [0.15, 0.2) is 84.4 Å². The molecule has 0 heterocycles. The van der Waals surface area contributed by atoms with E-state index in [9.17, 15) is 23.3 Å². The zero-order valence-electron chi connectivity index (χ0n) is 15.0. The van der Waals surface area contributed by atoms with Gasteiger partial charge in [0, 0.05) is 17.7 Å². The van der Waals surface area contributed by atoms with Gasteiger partial charge < -0.3 is 0 Å². The molecule has 3 nitrogen and oxygen atoms in total. The van der Waals surface area contributed by atoms with Crippen molar-refractivity contribution < 1.29 is 18.1 Å². The highest BCUT2D eigenvalue weighted by Gasteiger charge is 2.41. The summed E-state index contributed by atoms with van der Waals surface area (Å²) in [5.41, 5.74) is 1.66. The Morgan fingerprint density at radius 3 is 2.00 bits per heavy atom. The highest BCUT2D eigenvalue weighted by Crippen LogP contribution is 2.48. The Hall–Kier alpha value is -3.67. The Morgan fingerprint density at radius 1 is 0.793 bits per heavy atom. The average molecular weight is 393 g/mol. The molecule has 0 aliphatic heterocycles. The van der Waals surface area contributed by atoms with Crippen molar-refractivity contribution in [3.8, 4) is 0 Å². The molecule has 6 heteroatoms. The number of non-ortho nitro benzene ring substituents is 1. The normalized spacial score (nSPS) is 14.9. The summed E-state index contributed by atoms with van der Waals surface area (Å²) < 4.78 is 41.8. The fraction of sp³-hybridized carbons (Fsp3) is 0.0435. The summed E-state index contributed by atoms with van der Waals surface area (Å²) in [6.45, 7) is 0. The SMILES string of the molecule is O=[N+]([O-])c1ccc(/C(=C2\C(C(F)(F)F)=Cc3ccccc32)c2ccccc2)cc1. The van der Waals surface area contributed by atoms with Crippen LogP contribution in [-0.2, 0) is 0 Å². The standard InChI is InChI=1S/C23H14F3NO2/c24-23(25,26)20-14-17-8-4-5-9-19(17)22(20)21(15-6-2-1-3-7-15)16-10-12-18(13-11-16)27(28)29/h1-14H/b22-21-. The van der Waals surface area contributed by atoms with Gasteiger partial charge in [0.05, 0.1) is 10.5 Å². The van der Waals surface area contributed by atoms with Crippen molar-refractivity contribution in [2.45, 2.75) is 6.18 Å². The van der Waals surface area contributed by atoms with Crippen LogP contribution in [0.4, 0.5) is 18.9 Å². The lowest BCUT2D eigenvalue weighted by molar-refractivity contribution is -0.384. The number of nitro benzene ring substituents is 1. The van der Waals surface area contributed by atoms with Gasteiger partial charge in [-0.25, -0.2) is 0 Å². The van der Waals surface area contributed by atoms with E-state index in [-0.39, 0.29) is 11.3 Å². The Morgan fingerprint density at radius 2 is 1.38 bits per heavy atom. The van der Waals surface area contributed by atoms with Crippen LogP contribution >= 0.6 is 0 Å². The van der Waals surface area contributed by atoms with Crippen molar-refractivity contribution >= 4 is 22.9 Å². The minimum absolute atomic E-state index is 0.0770. The average Bonchev–Trinajstić information content (AvgIpc) is 3.09. The third-order valence-electron chi connectivity index (χ3n) is 4.78. The molecule has 0 N–H and O–H groups in total. The summed E-state index contributed by atoms with van der Waals surface area (Å²) in [5.74, 6) is 0. The number of hydrogen-bond acceptors (Lipinski definition) is 2. The molecular weight excluding hydrogens is 379 g/mol. The molecule has 0 fully saturated rings. The maximum absolute atomic E-state index is 13.9. The Kier molecular flexibility index (Phi) is 4.54. The molecule has 0 saturated heterocycles. The fourth-order valence-electron chi connectivity index (χ4n) is 3.53. The number of alkyl halides is 3. The molecule has 3 aromatic rings. The van der Waals surface area contributed by atoms with Gasteiger partial charge in [0.2, 0.25) is 0 Å². The van der Waals surface area contributed by atoms with E-state index >= 15 is 0 Å². The first-order valence-electron chi connectivity index (χ1n) is 8.79. The molecule has 0 spiro atoms. The van der Waals surface area contributed by atoms with Crippen LogP contribution in [-0.4, -0.2) is 11.1 Å². The van der Waals surface area contributed by atoms with Crippen LogP contribution in [0.3, 0.4) is 0 Å². The van der Waals surface area contributed by atoms with E-state index in [1.54, 1.807) is 54.6 Å². The quantitative estimate of drug-likeness (QED) is 0.376. The van der Waals surface area contributed by atoms with Crippen molar-refractivity contribution in [3.63, 3.8) is 0 Å². The highest BCUT2D eigenvalue weighted by molar-refractivity contribution is 6.10. The molecule has 1 aliphatic rings. The molecule has 0 saturated carbocycles. The molecule has 0 atom stereocenters. The molecule has 144 valence electrons. The van der Waals surface area contributed by atoms with Gasteiger partial charge in [-0.2, -0.15) is 13.2 Å². The first-order valence-corrected chi connectivity index (χ1v) is 8.79. The molecule has 0 amide bonds. The summed E-state index contributed by atoms with van der Waals surface area (Å²) >= 11 is 0. The van der Waals surface area contributed by atoms with E-state index in [4.69, 9.17) is 0 Å². The molecular formula is C23H14F3NO2. The number of rotatable bonds is 3. The molecule has 3 aromatic carbocycles. The minimum Gasteiger partial charge on any atom is -0.258 e. The summed E-state index contributed by atoms with van der Waals surface area (Å²) in [6, 6.07) is 21.0. The number of fused-ring (bicyclic) bond motifs is 1. The van der Waals surface area contributed by atoms with Gasteiger partial charge in [0.15, 0.2) is 0 Å². The Labute approximate surface area is 164 Å². The predicted molar refractivity (Wildman–Crippen MR) is 106 cm³/mol. The third-order valence-corrected chi connectivity index (χ3v) is 4.78. The first kappa shape index (κ1) is 18.7. The van der Waals surface area contributed by atoms with Crippen molar-refractivity contribution in [1.29, 1.82) is 0 Å². The maximum Gasteiger partial charge on any atom is 0.417 e. The van der Waals surface area contributed by atoms with Crippen LogP contribution in [0.2, 0.25) is 0 Å². The van der Waals surface area contributed by atoms with Crippen LogP contribution in [0.5, 0.6) is 0 Å². The zero-order chi connectivity index (χ0) is 20.6. The Bertz CT molecular complexity index is 1140. The monoisotopic (exact) mass is 393 g/mol. The van der Waals surface area contributed by atoms with E-state index < -0.39 is 16.7 Å². The number of nitrogens with zero attached hydrogens (tertiary/aromatic N) is 1. The molecule has 0 aromatic heterocycles. The van der Waals surface area contributed by atoms with Gasteiger partial charge in [-0.05, 0) is 46.0 Å². The van der Waals surface area contributed by atoms with Crippen molar-refractivity contribution in [2.75, 3.05) is 0 Å². The van der Waals surface area contributed by atoms with Crippen LogP contribution in [0, 0.1) is 10.1 Å². The summed E-state index contributed by atoms with van der Waals surface area (Å²) in [7, 11) is 0. The lowest BCUT2D eigenvalue weighted by atomic mass is 9.87. The lowest BCUT2D eigenvalue weighted by Gasteiger charge is -2.18. The second kappa shape index (κ2) is 7.05. The maximum atomic E-state index is 13.9. The van der Waals surface area contributed by atoms with Crippen molar-refractivity contribution in [1.82, 2.24) is 0 Å². The Balaban J connectivity index is 2.05. The number of nitro groups is 1. The summed E-state index contributed by atoms with van der Waals surface area (Å²) in [4.78, 5) is 10.5. The van der Waals surface area contributed by atoms with Gasteiger partial charge in [-0.3, -0.25) is 10.1 Å². The van der Waals surface area contributed by atoms with Gasteiger partial charge in [-0.1, -0.05) is 54.6 Å². The second-order valence-electron chi connectivity index (χ2n) is 6.56. The van der Waals surface area contributed by atoms with E-state index in [2.05, 4.69) is 0 Å². The number of hydrogen-bond donors (Lipinski definition) is 0.